The van der Waals surface area contributed by atoms with Crippen molar-refractivity contribution in [3.8, 4) is 0 Å². The largest absolute Gasteiger partial charge is 0.416 e. The maximum Gasteiger partial charge on any atom is 0.416 e. The predicted octanol–water partition coefficient (Wildman–Crippen LogP) is 4.68. The molecule has 0 fully saturated rings. The molecule has 0 spiro atoms. The molecule has 0 heterocycles. The minimum absolute atomic E-state index is 0.424. The minimum atomic E-state index is -4.34. The van der Waals surface area contributed by atoms with E-state index in [0.29, 0.717) is 22.1 Å². The number of hydrogen-bond acceptors (Lipinski definition) is 2. The number of hydrogen-bond donors (Lipinski definition) is 2. The first-order valence-corrected chi connectivity index (χ1v) is 5.73. The van der Waals surface area contributed by atoms with Crippen LogP contribution in [0.1, 0.15) is 5.56 Å². The Labute approximate surface area is 113 Å². The maximum absolute atomic E-state index is 12.4. The van der Waals surface area contributed by atoms with Gasteiger partial charge in [-0.1, -0.05) is 11.6 Å². The molecule has 0 aliphatic rings. The number of alkyl halides is 3. The van der Waals surface area contributed by atoms with E-state index in [4.69, 9.17) is 17.3 Å². The molecule has 2 rings (SSSR count). The van der Waals surface area contributed by atoms with E-state index in [-0.39, 0.29) is 0 Å². The number of nitrogens with one attached hydrogen (secondary N) is 1. The second-order valence-corrected chi connectivity index (χ2v) is 4.37. The molecule has 6 heteroatoms. The van der Waals surface area contributed by atoms with E-state index in [1.165, 1.54) is 12.1 Å². The summed E-state index contributed by atoms with van der Waals surface area (Å²) in [4.78, 5) is 0. The zero-order valence-electron chi connectivity index (χ0n) is 9.63. The quantitative estimate of drug-likeness (QED) is 0.786. The Balaban J connectivity index is 2.20. The molecule has 2 aromatic rings. The van der Waals surface area contributed by atoms with Gasteiger partial charge in [0.2, 0.25) is 0 Å². The van der Waals surface area contributed by atoms with Gasteiger partial charge < -0.3 is 11.1 Å². The summed E-state index contributed by atoms with van der Waals surface area (Å²) in [6, 6.07) is 9.57. The van der Waals surface area contributed by atoms with Crippen LogP contribution >= 0.6 is 11.6 Å². The average Bonchev–Trinajstić information content (AvgIpc) is 2.32. The zero-order chi connectivity index (χ0) is 14.0. The van der Waals surface area contributed by atoms with Crippen LogP contribution in [-0.4, -0.2) is 0 Å². The van der Waals surface area contributed by atoms with Crippen LogP contribution in [0.3, 0.4) is 0 Å². The maximum atomic E-state index is 12.4. The molecule has 0 radical (unpaired) electrons. The van der Waals surface area contributed by atoms with Gasteiger partial charge >= 0.3 is 6.18 Å². The lowest BCUT2D eigenvalue weighted by atomic mass is 10.2. The van der Waals surface area contributed by atoms with E-state index in [0.717, 1.165) is 12.1 Å². The fraction of sp³-hybridized carbons (Fsp3) is 0.0769. The molecule has 0 aliphatic heterocycles. The van der Waals surface area contributed by atoms with Crippen molar-refractivity contribution in [2.24, 2.45) is 0 Å². The van der Waals surface area contributed by atoms with Gasteiger partial charge in [0.1, 0.15) is 0 Å². The summed E-state index contributed by atoms with van der Waals surface area (Å²) in [5.41, 5.74) is 6.58. The standard InChI is InChI=1S/C13H10ClF3N2/c14-9-3-6-12(11(18)7-9)19-10-4-1-8(2-5-10)13(15,16)17/h1-7,19H,18H2. The number of halogens is 4. The van der Waals surface area contributed by atoms with Crippen LogP contribution in [0.4, 0.5) is 30.2 Å². The Bertz CT molecular complexity index is 579. The Hall–Kier alpha value is -1.88. The fourth-order valence-corrected chi connectivity index (χ4v) is 1.73. The van der Waals surface area contributed by atoms with Gasteiger partial charge in [-0.05, 0) is 42.5 Å². The molecule has 0 bridgehead atoms. The number of nitrogen functional groups attached to an aromatic ring is 1. The van der Waals surface area contributed by atoms with Crippen molar-refractivity contribution >= 4 is 28.7 Å². The Morgan fingerprint density at radius 2 is 1.63 bits per heavy atom. The Morgan fingerprint density at radius 3 is 2.16 bits per heavy atom. The first-order valence-electron chi connectivity index (χ1n) is 5.35. The van der Waals surface area contributed by atoms with Gasteiger partial charge in [-0.3, -0.25) is 0 Å². The lowest BCUT2D eigenvalue weighted by molar-refractivity contribution is -0.137. The van der Waals surface area contributed by atoms with Crippen molar-refractivity contribution in [2.75, 3.05) is 11.1 Å². The van der Waals surface area contributed by atoms with Gasteiger partial charge in [0.25, 0.3) is 0 Å². The molecule has 0 atom stereocenters. The molecule has 2 aromatic carbocycles. The highest BCUT2D eigenvalue weighted by molar-refractivity contribution is 6.31. The summed E-state index contributed by atoms with van der Waals surface area (Å²) >= 11 is 5.76. The smallest absolute Gasteiger partial charge is 0.397 e. The van der Waals surface area contributed by atoms with Gasteiger partial charge in [0, 0.05) is 10.7 Å². The van der Waals surface area contributed by atoms with Crippen molar-refractivity contribution in [1.29, 1.82) is 0 Å². The summed E-state index contributed by atoms with van der Waals surface area (Å²) in [5.74, 6) is 0. The van der Waals surface area contributed by atoms with E-state index in [2.05, 4.69) is 5.32 Å². The number of rotatable bonds is 2. The summed E-state index contributed by atoms with van der Waals surface area (Å²) in [7, 11) is 0. The van der Waals surface area contributed by atoms with Crippen LogP contribution in [0.15, 0.2) is 42.5 Å². The van der Waals surface area contributed by atoms with Gasteiger partial charge in [-0.2, -0.15) is 13.2 Å². The molecule has 100 valence electrons. The van der Waals surface area contributed by atoms with Gasteiger partial charge in [0.15, 0.2) is 0 Å². The molecule has 0 amide bonds. The third-order valence-electron chi connectivity index (χ3n) is 2.50. The summed E-state index contributed by atoms with van der Waals surface area (Å²) in [6.45, 7) is 0. The van der Waals surface area contributed by atoms with Crippen LogP contribution < -0.4 is 11.1 Å². The summed E-state index contributed by atoms with van der Waals surface area (Å²) in [5, 5.41) is 3.42. The highest BCUT2D eigenvalue weighted by Gasteiger charge is 2.29. The van der Waals surface area contributed by atoms with Crippen LogP contribution in [0, 0.1) is 0 Å². The molecular formula is C13H10ClF3N2. The molecule has 0 saturated carbocycles. The number of nitrogens with two attached hydrogens (primary N) is 1. The fourth-order valence-electron chi connectivity index (χ4n) is 1.55. The monoisotopic (exact) mass is 286 g/mol. The zero-order valence-corrected chi connectivity index (χ0v) is 10.4. The molecule has 0 aromatic heterocycles. The second kappa shape index (κ2) is 5.01. The lowest BCUT2D eigenvalue weighted by Crippen LogP contribution is -2.04. The molecule has 19 heavy (non-hydrogen) atoms. The van der Waals surface area contributed by atoms with Crippen LogP contribution in [0.2, 0.25) is 5.02 Å². The molecule has 0 saturated heterocycles. The van der Waals surface area contributed by atoms with Gasteiger partial charge in [-0.25, -0.2) is 0 Å². The van der Waals surface area contributed by atoms with Crippen LogP contribution in [-0.2, 0) is 6.18 Å². The van der Waals surface area contributed by atoms with E-state index >= 15 is 0 Å². The molecule has 3 N–H and O–H groups in total. The highest BCUT2D eigenvalue weighted by atomic mass is 35.5. The normalized spacial score (nSPS) is 11.4. The molecule has 0 unspecified atom stereocenters. The van der Waals surface area contributed by atoms with Gasteiger partial charge in [-0.15, -0.1) is 0 Å². The van der Waals surface area contributed by atoms with Crippen molar-refractivity contribution in [3.05, 3.63) is 53.1 Å². The lowest BCUT2D eigenvalue weighted by Gasteiger charge is -2.11. The van der Waals surface area contributed by atoms with Crippen LogP contribution in [0.25, 0.3) is 0 Å². The Kier molecular flexibility index (Phi) is 3.57. The Morgan fingerprint density at radius 1 is 1.00 bits per heavy atom. The van der Waals surface area contributed by atoms with E-state index in [9.17, 15) is 13.2 Å². The molecule has 2 nitrogen and oxygen atoms in total. The second-order valence-electron chi connectivity index (χ2n) is 3.93. The summed E-state index contributed by atoms with van der Waals surface area (Å²) < 4.78 is 37.2. The third-order valence-corrected chi connectivity index (χ3v) is 2.74. The molecule has 0 aliphatic carbocycles. The van der Waals surface area contributed by atoms with Crippen molar-refractivity contribution in [2.45, 2.75) is 6.18 Å². The topological polar surface area (TPSA) is 38.0 Å². The number of benzene rings is 2. The van der Waals surface area contributed by atoms with Crippen molar-refractivity contribution < 1.29 is 13.2 Å². The van der Waals surface area contributed by atoms with Gasteiger partial charge in [0.05, 0.1) is 16.9 Å². The predicted molar refractivity (Wildman–Crippen MR) is 70.6 cm³/mol. The van der Waals surface area contributed by atoms with Crippen molar-refractivity contribution in [3.63, 3.8) is 0 Å². The molecular weight excluding hydrogens is 277 g/mol. The highest BCUT2D eigenvalue weighted by Crippen LogP contribution is 2.31. The first-order chi connectivity index (χ1) is 8.86. The average molecular weight is 287 g/mol. The summed E-state index contributed by atoms with van der Waals surface area (Å²) in [6.07, 6.45) is -4.34. The minimum Gasteiger partial charge on any atom is -0.397 e. The van der Waals surface area contributed by atoms with E-state index < -0.39 is 11.7 Å². The van der Waals surface area contributed by atoms with Crippen molar-refractivity contribution in [1.82, 2.24) is 0 Å². The third kappa shape index (κ3) is 3.32. The van der Waals surface area contributed by atoms with E-state index in [1.807, 2.05) is 0 Å². The first kappa shape index (κ1) is 13.5. The number of anilines is 3. The van der Waals surface area contributed by atoms with E-state index in [1.54, 1.807) is 18.2 Å². The SMILES string of the molecule is Nc1cc(Cl)ccc1Nc1ccc(C(F)(F)F)cc1. The van der Waals surface area contributed by atoms with Crippen LogP contribution in [0.5, 0.6) is 0 Å².